The van der Waals surface area contributed by atoms with Crippen molar-refractivity contribution in [1.82, 2.24) is 0 Å². The molecular formula is C11H13NO3. The number of carbonyl (C=O) groups is 1. The second-order valence-corrected chi connectivity index (χ2v) is 3.29. The number of rotatable bonds is 2. The van der Waals surface area contributed by atoms with E-state index in [0.717, 1.165) is 5.69 Å². The third kappa shape index (κ3) is 2.78. The summed E-state index contributed by atoms with van der Waals surface area (Å²) in [6.07, 6.45) is -0.487. The minimum Gasteiger partial charge on any atom is -0.376 e. The van der Waals surface area contributed by atoms with Crippen molar-refractivity contribution in [3.63, 3.8) is 0 Å². The molecule has 0 spiro atoms. The van der Waals surface area contributed by atoms with Gasteiger partial charge in [0.2, 0.25) is 0 Å². The normalized spacial score (nSPS) is 20.9. The molecule has 1 atom stereocenters. The van der Waals surface area contributed by atoms with Gasteiger partial charge in [-0.2, -0.15) is 0 Å². The second-order valence-electron chi connectivity index (χ2n) is 3.29. The number of ether oxygens (including phenoxy) is 2. The molecular weight excluding hydrogens is 194 g/mol. The lowest BCUT2D eigenvalue weighted by atomic mass is 10.3. The Kier molecular flexibility index (Phi) is 3.32. The van der Waals surface area contributed by atoms with Crippen molar-refractivity contribution in [2.75, 3.05) is 25.1 Å². The van der Waals surface area contributed by atoms with Crippen molar-refractivity contribution >= 4 is 11.6 Å². The molecule has 1 aliphatic rings. The van der Waals surface area contributed by atoms with Gasteiger partial charge in [0.05, 0.1) is 19.8 Å². The van der Waals surface area contributed by atoms with Crippen LogP contribution in [-0.2, 0) is 14.3 Å². The van der Waals surface area contributed by atoms with Crippen LogP contribution in [0.1, 0.15) is 0 Å². The van der Waals surface area contributed by atoms with E-state index >= 15 is 0 Å². The molecule has 4 nitrogen and oxygen atoms in total. The van der Waals surface area contributed by atoms with Crippen molar-refractivity contribution in [3.8, 4) is 0 Å². The largest absolute Gasteiger partial charge is 0.376 e. The maximum absolute atomic E-state index is 11.7. The van der Waals surface area contributed by atoms with Crippen molar-refractivity contribution in [2.24, 2.45) is 0 Å². The highest BCUT2D eigenvalue weighted by atomic mass is 16.6. The van der Waals surface area contributed by atoms with Crippen molar-refractivity contribution in [3.05, 3.63) is 30.3 Å². The summed E-state index contributed by atoms with van der Waals surface area (Å²) >= 11 is 0. The molecule has 2 rings (SSSR count). The molecule has 1 heterocycles. The monoisotopic (exact) mass is 207 g/mol. The van der Waals surface area contributed by atoms with E-state index in [4.69, 9.17) is 9.47 Å². The summed E-state index contributed by atoms with van der Waals surface area (Å²) < 4.78 is 10.4. The van der Waals surface area contributed by atoms with Crippen LogP contribution in [0.15, 0.2) is 30.3 Å². The summed E-state index contributed by atoms with van der Waals surface area (Å²) in [5, 5.41) is 2.77. The van der Waals surface area contributed by atoms with Gasteiger partial charge in [0.1, 0.15) is 0 Å². The fourth-order valence-corrected chi connectivity index (χ4v) is 1.38. The van der Waals surface area contributed by atoms with Gasteiger partial charge in [-0.1, -0.05) is 18.2 Å². The van der Waals surface area contributed by atoms with Crippen LogP contribution in [0.4, 0.5) is 5.69 Å². The Hall–Kier alpha value is -1.39. The number of hydrogen-bond donors (Lipinski definition) is 1. The number of carbonyl (C=O) groups excluding carboxylic acids is 1. The van der Waals surface area contributed by atoms with E-state index < -0.39 is 6.10 Å². The van der Waals surface area contributed by atoms with Crippen LogP contribution in [0.2, 0.25) is 0 Å². The molecule has 1 aliphatic heterocycles. The van der Waals surface area contributed by atoms with Crippen molar-refractivity contribution < 1.29 is 14.3 Å². The number of amides is 1. The molecule has 1 amide bonds. The van der Waals surface area contributed by atoms with Gasteiger partial charge < -0.3 is 14.8 Å². The SMILES string of the molecule is O=C(Nc1ccccc1)C1COCCO1. The lowest BCUT2D eigenvalue weighted by Gasteiger charge is -2.21. The van der Waals surface area contributed by atoms with Crippen LogP contribution in [-0.4, -0.2) is 31.8 Å². The summed E-state index contributed by atoms with van der Waals surface area (Å²) in [6.45, 7) is 1.38. The first-order chi connectivity index (χ1) is 7.36. The fraction of sp³-hybridized carbons (Fsp3) is 0.364. The highest BCUT2D eigenvalue weighted by molar-refractivity contribution is 5.94. The zero-order valence-corrected chi connectivity index (χ0v) is 8.31. The van der Waals surface area contributed by atoms with E-state index in [1.807, 2.05) is 30.3 Å². The minimum absolute atomic E-state index is 0.152. The van der Waals surface area contributed by atoms with Crippen LogP contribution in [0.5, 0.6) is 0 Å². The number of para-hydroxylation sites is 1. The van der Waals surface area contributed by atoms with Gasteiger partial charge in [0, 0.05) is 5.69 Å². The first-order valence-corrected chi connectivity index (χ1v) is 4.91. The average molecular weight is 207 g/mol. The fourth-order valence-electron chi connectivity index (χ4n) is 1.38. The van der Waals surface area contributed by atoms with E-state index in [1.54, 1.807) is 0 Å². The Balaban J connectivity index is 1.91. The van der Waals surface area contributed by atoms with E-state index in [0.29, 0.717) is 19.8 Å². The van der Waals surface area contributed by atoms with Gasteiger partial charge in [-0.05, 0) is 12.1 Å². The molecule has 1 N–H and O–H groups in total. The van der Waals surface area contributed by atoms with E-state index in [-0.39, 0.29) is 5.91 Å². The molecule has 0 bridgehead atoms. The summed E-state index contributed by atoms with van der Waals surface area (Å²) in [6, 6.07) is 9.31. The Bertz CT molecular complexity index is 320. The summed E-state index contributed by atoms with van der Waals surface area (Å²) in [5.74, 6) is -0.152. The summed E-state index contributed by atoms with van der Waals surface area (Å²) in [7, 11) is 0. The maximum atomic E-state index is 11.7. The van der Waals surface area contributed by atoms with Gasteiger partial charge in [0.15, 0.2) is 6.10 Å². The molecule has 15 heavy (non-hydrogen) atoms. The number of benzene rings is 1. The van der Waals surface area contributed by atoms with Crippen LogP contribution in [0.25, 0.3) is 0 Å². The van der Waals surface area contributed by atoms with Gasteiger partial charge in [0.25, 0.3) is 5.91 Å². The van der Waals surface area contributed by atoms with Crippen LogP contribution < -0.4 is 5.32 Å². The lowest BCUT2D eigenvalue weighted by molar-refractivity contribution is -0.142. The van der Waals surface area contributed by atoms with Crippen molar-refractivity contribution in [1.29, 1.82) is 0 Å². The predicted molar refractivity (Wildman–Crippen MR) is 55.6 cm³/mol. The highest BCUT2D eigenvalue weighted by Gasteiger charge is 2.22. The van der Waals surface area contributed by atoms with Crippen LogP contribution >= 0.6 is 0 Å². The number of nitrogens with one attached hydrogen (secondary N) is 1. The minimum atomic E-state index is -0.487. The number of anilines is 1. The molecule has 1 aromatic rings. The predicted octanol–water partition coefficient (Wildman–Crippen LogP) is 1.04. The zero-order chi connectivity index (χ0) is 10.5. The second kappa shape index (κ2) is 4.91. The molecule has 1 unspecified atom stereocenters. The molecule has 80 valence electrons. The third-order valence-corrected chi connectivity index (χ3v) is 2.15. The average Bonchev–Trinajstić information content (AvgIpc) is 2.31. The lowest BCUT2D eigenvalue weighted by Crippen LogP contribution is -2.39. The molecule has 4 heteroatoms. The third-order valence-electron chi connectivity index (χ3n) is 2.15. The first-order valence-electron chi connectivity index (χ1n) is 4.91. The van der Waals surface area contributed by atoms with Crippen LogP contribution in [0.3, 0.4) is 0 Å². The Morgan fingerprint density at radius 2 is 2.07 bits per heavy atom. The van der Waals surface area contributed by atoms with Gasteiger partial charge >= 0.3 is 0 Å². The molecule has 0 aliphatic carbocycles. The molecule has 0 saturated carbocycles. The standard InChI is InChI=1S/C11H13NO3/c13-11(10-8-14-6-7-15-10)12-9-4-2-1-3-5-9/h1-5,10H,6-8H2,(H,12,13). The highest BCUT2D eigenvalue weighted by Crippen LogP contribution is 2.08. The van der Waals surface area contributed by atoms with E-state index in [1.165, 1.54) is 0 Å². The Morgan fingerprint density at radius 3 is 2.73 bits per heavy atom. The topological polar surface area (TPSA) is 47.6 Å². The molecule has 1 saturated heterocycles. The molecule has 0 aromatic heterocycles. The van der Waals surface area contributed by atoms with E-state index in [9.17, 15) is 4.79 Å². The first kappa shape index (κ1) is 10.1. The van der Waals surface area contributed by atoms with E-state index in [2.05, 4.69) is 5.32 Å². The van der Waals surface area contributed by atoms with Gasteiger partial charge in [-0.25, -0.2) is 0 Å². The van der Waals surface area contributed by atoms with Crippen LogP contribution in [0, 0.1) is 0 Å². The smallest absolute Gasteiger partial charge is 0.255 e. The van der Waals surface area contributed by atoms with Gasteiger partial charge in [-0.15, -0.1) is 0 Å². The summed E-state index contributed by atoms with van der Waals surface area (Å²) in [5.41, 5.74) is 0.775. The maximum Gasteiger partial charge on any atom is 0.255 e. The van der Waals surface area contributed by atoms with Crippen molar-refractivity contribution in [2.45, 2.75) is 6.10 Å². The Labute approximate surface area is 88.2 Å². The van der Waals surface area contributed by atoms with Gasteiger partial charge in [-0.3, -0.25) is 4.79 Å². The number of hydrogen-bond acceptors (Lipinski definition) is 3. The molecule has 1 fully saturated rings. The molecule has 1 aromatic carbocycles. The molecule has 0 radical (unpaired) electrons. The summed E-state index contributed by atoms with van der Waals surface area (Å²) in [4.78, 5) is 11.7. The zero-order valence-electron chi connectivity index (χ0n) is 8.31. The quantitative estimate of drug-likeness (QED) is 0.788. The Morgan fingerprint density at radius 1 is 1.27 bits per heavy atom.